The van der Waals surface area contributed by atoms with Crippen LogP contribution in [0, 0.1) is 5.92 Å². The molecular weight excluding hydrogens is 230 g/mol. The van der Waals surface area contributed by atoms with Crippen molar-refractivity contribution >= 4 is 11.7 Å². The van der Waals surface area contributed by atoms with Crippen molar-refractivity contribution in [3.05, 3.63) is 23.8 Å². The molecule has 0 bridgehead atoms. The summed E-state index contributed by atoms with van der Waals surface area (Å²) in [5, 5.41) is 9.62. The largest absolute Gasteiger partial charge is 0.507 e. The molecule has 98 valence electrons. The summed E-state index contributed by atoms with van der Waals surface area (Å²) in [7, 11) is 0. The molecule has 1 aromatic rings. The topological polar surface area (TPSA) is 72.5 Å². The number of hydrogen-bond donors (Lipinski definition) is 2. The summed E-state index contributed by atoms with van der Waals surface area (Å²) in [4.78, 5) is 11.9. The van der Waals surface area contributed by atoms with Crippen LogP contribution in [-0.4, -0.2) is 17.2 Å². The van der Waals surface area contributed by atoms with E-state index in [2.05, 4.69) is 6.92 Å². The molecule has 0 aromatic heterocycles. The van der Waals surface area contributed by atoms with Gasteiger partial charge in [-0.25, -0.2) is 4.79 Å². The highest BCUT2D eigenvalue weighted by molar-refractivity contribution is 5.93. The molecular formula is C14H19NO3. The first-order valence-electron chi connectivity index (χ1n) is 6.35. The van der Waals surface area contributed by atoms with Crippen LogP contribution in [-0.2, 0) is 4.74 Å². The molecule has 0 atom stereocenters. The number of esters is 1. The molecule has 18 heavy (non-hydrogen) atoms. The van der Waals surface area contributed by atoms with Crippen LogP contribution in [0.3, 0.4) is 0 Å². The Kier molecular flexibility index (Phi) is 3.75. The van der Waals surface area contributed by atoms with Gasteiger partial charge in [-0.2, -0.15) is 0 Å². The van der Waals surface area contributed by atoms with Gasteiger partial charge in [-0.05, 0) is 49.8 Å². The maximum atomic E-state index is 11.9. The van der Waals surface area contributed by atoms with Crippen molar-refractivity contribution in [2.24, 2.45) is 5.92 Å². The van der Waals surface area contributed by atoms with E-state index in [9.17, 15) is 9.90 Å². The number of phenolic OH excluding ortho intramolecular Hbond substituents is 1. The number of benzene rings is 1. The minimum Gasteiger partial charge on any atom is -0.507 e. The Balaban J connectivity index is 2.01. The number of anilines is 1. The molecule has 0 saturated heterocycles. The van der Waals surface area contributed by atoms with E-state index in [4.69, 9.17) is 10.5 Å². The van der Waals surface area contributed by atoms with Crippen LogP contribution < -0.4 is 5.73 Å². The van der Waals surface area contributed by atoms with Crippen LogP contribution in [0.25, 0.3) is 0 Å². The lowest BCUT2D eigenvalue weighted by molar-refractivity contribution is 0.0171. The van der Waals surface area contributed by atoms with E-state index < -0.39 is 5.97 Å². The average Bonchev–Trinajstić information content (AvgIpc) is 2.35. The third kappa shape index (κ3) is 2.94. The standard InChI is InChI=1S/C14H19NO3/c1-9-2-5-11(6-3-9)18-14(17)12-8-10(15)4-7-13(12)16/h4,7-9,11,16H,2-3,5-6,15H2,1H3. The first-order valence-corrected chi connectivity index (χ1v) is 6.35. The number of aromatic hydroxyl groups is 1. The molecule has 4 heteroatoms. The molecule has 1 saturated carbocycles. The van der Waals surface area contributed by atoms with E-state index in [1.165, 1.54) is 12.1 Å². The fourth-order valence-corrected chi connectivity index (χ4v) is 2.28. The summed E-state index contributed by atoms with van der Waals surface area (Å²) < 4.78 is 5.41. The van der Waals surface area contributed by atoms with Crippen molar-refractivity contribution in [1.29, 1.82) is 0 Å². The Labute approximate surface area is 107 Å². The second-order valence-corrected chi connectivity index (χ2v) is 5.06. The first-order chi connectivity index (χ1) is 8.56. The van der Waals surface area contributed by atoms with E-state index in [0.717, 1.165) is 25.7 Å². The van der Waals surface area contributed by atoms with Crippen LogP contribution in [0.5, 0.6) is 5.75 Å². The number of ether oxygens (including phenoxy) is 1. The second-order valence-electron chi connectivity index (χ2n) is 5.06. The lowest BCUT2D eigenvalue weighted by atomic mass is 9.89. The summed E-state index contributed by atoms with van der Waals surface area (Å²) in [6, 6.07) is 4.41. The van der Waals surface area contributed by atoms with Crippen LogP contribution in [0.4, 0.5) is 5.69 Å². The summed E-state index contributed by atoms with van der Waals surface area (Å²) in [6.07, 6.45) is 3.93. The lowest BCUT2D eigenvalue weighted by Crippen LogP contribution is -2.23. The van der Waals surface area contributed by atoms with Crippen LogP contribution >= 0.6 is 0 Å². The maximum Gasteiger partial charge on any atom is 0.342 e. The lowest BCUT2D eigenvalue weighted by Gasteiger charge is -2.26. The predicted octanol–water partition coefficient (Wildman–Crippen LogP) is 2.71. The van der Waals surface area contributed by atoms with Crippen molar-refractivity contribution in [2.75, 3.05) is 5.73 Å². The number of carbonyl (C=O) groups excluding carboxylic acids is 1. The van der Waals surface area contributed by atoms with Gasteiger partial charge in [0, 0.05) is 5.69 Å². The Bertz CT molecular complexity index is 437. The van der Waals surface area contributed by atoms with Gasteiger partial charge in [-0.15, -0.1) is 0 Å². The highest BCUT2D eigenvalue weighted by atomic mass is 16.5. The first kappa shape index (κ1) is 12.7. The molecule has 0 radical (unpaired) electrons. The van der Waals surface area contributed by atoms with Gasteiger partial charge in [0.2, 0.25) is 0 Å². The molecule has 0 spiro atoms. The molecule has 4 nitrogen and oxygen atoms in total. The quantitative estimate of drug-likeness (QED) is 0.480. The van der Waals surface area contributed by atoms with Gasteiger partial charge >= 0.3 is 5.97 Å². The zero-order valence-electron chi connectivity index (χ0n) is 10.6. The zero-order chi connectivity index (χ0) is 13.1. The highest BCUT2D eigenvalue weighted by Gasteiger charge is 2.23. The van der Waals surface area contributed by atoms with E-state index >= 15 is 0 Å². The molecule has 3 N–H and O–H groups in total. The number of nitrogen functional groups attached to an aromatic ring is 1. The predicted molar refractivity (Wildman–Crippen MR) is 69.4 cm³/mol. The fourth-order valence-electron chi connectivity index (χ4n) is 2.28. The monoisotopic (exact) mass is 249 g/mol. The molecule has 1 aliphatic carbocycles. The van der Waals surface area contributed by atoms with Gasteiger partial charge in [0.25, 0.3) is 0 Å². The van der Waals surface area contributed by atoms with Gasteiger partial charge in [0.05, 0.1) is 0 Å². The van der Waals surface area contributed by atoms with Gasteiger partial charge in [0.15, 0.2) is 0 Å². The Morgan fingerprint density at radius 1 is 1.33 bits per heavy atom. The normalized spacial score (nSPS) is 23.6. The van der Waals surface area contributed by atoms with Crippen molar-refractivity contribution in [3.63, 3.8) is 0 Å². The number of nitrogens with two attached hydrogens (primary N) is 1. The summed E-state index contributed by atoms with van der Waals surface area (Å²) in [5.74, 6) is 0.137. The van der Waals surface area contributed by atoms with Crippen molar-refractivity contribution in [3.8, 4) is 5.75 Å². The molecule has 0 heterocycles. The Hall–Kier alpha value is -1.71. The second kappa shape index (κ2) is 5.29. The highest BCUT2D eigenvalue weighted by Crippen LogP contribution is 2.27. The molecule has 0 unspecified atom stereocenters. The van der Waals surface area contributed by atoms with Crippen molar-refractivity contribution in [2.45, 2.75) is 38.7 Å². The van der Waals surface area contributed by atoms with Crippen LogP contribution in [0.2, 0.25) is 0 Å². The smallest absolute Gasteiger partial charge is 0.342 e. The summed E-state index contributed by atoms with van der Waals surface area (Å²) in [6.45, 7) is 2.21. The van der Waals surface area contributed by atoms with Crippen LogP contribution in [0.15, 0.2) is 18.2 Å². The SMILES string of the molecule is CC1CCC(OC(=O)c2cc(N)ccc2O)CC1. The molecule has 2 rings (SSSR count). The minimum absolute atomic E-state index is 0.0328. The van der Waals surface area contributed by atoms with Gasteiger partial charge in [-0.1, -0.05) is 6.92 Å². The fraction of sp³-hybridized carbons (Fsp3) is 0.500. The van der Waals surface area contributed by atoms with E-state index in [1.54, 1.807) is 6.07 Å². The van der Waals surface area contributed by atoms with E-state index in [1.807, 2.05) is 0 Å². The minimum atomic E-state index is -0.487. The molecule has 1 aromatic carbocycles. The van der Waals surface area contributed by atoms with E-state index in [0.29, 0.717) is 11.6 Å². The van der Waals surface area contributed by atoms with Crippen LogP contribution in [0.1, 0.15) is 43.0 Å². The third-order valence-corrected chi connectivity index (χ3v) is 3.48. The summed E-state index contributed by atoms with van der Waals surface area (Å²) in [5.41, 5.74) is 6.19. The van der Waals surface area contributed by atoms with Crippen molar-refractivity contribution in [1.82, 2.24) is 0 Å². The van der Waals surface area contributed by atoms with Gasteiger partial charge < -0.3 is 15.6 Å². The third-order valence-electron chi connectivity index (χ3n) is 3.48. The van der Waals surface area contributed by atoms with Gasteiger partial charge in [0.1, 0.15) is 17.4 Å². The van der Waals surface area contributed by atoms with Crippen molar-refractivity contribution < 1.29 is 14.6 Å². The number of hydrogen-bond acceptors (Lipinski definition) is 4. The van der Waals surface area contributed by atoms with Gasteiger partial charge in [-0.3, -0.25) is 0 Å². The van der Waals surface area contributed by atoms with E-state index in [-0.39, 0.29) is 17.4 Å². The molecule has 1 aliphatic rings. The number of carbonyl (C=O) groups is 1. The Morgan fingerprint density at radius 2 is 2.00 bits per heavy atom. The molecule has 0 amide bonds. The average molecular weight is 249 g/mol. The molecule has 1 fully saturated rings. The zero-order valence-corrected chi connectivity index (χ0v) is 10.6. The maximum absolute atomic E-state index is 11.9. The molecule has 0 aliphatic heterocycles. The summed E-state index contributed by atoms with van der Waals surface area (Å²) >= 11 is 0. The Morgan fingerprint density at radius 3 is 2.67 bits per heavy atom. The number of phenols is 1. The number of rotatable bonds is 2.